The summed E-state index contributed by atoms with van der Waals surface area (Å²) in [4.78, 5) is 52.5. The van der Waals surface area contributed by atoms with Gasteiger partial charge in [-0.1, -0.05) is 48.5 Å². The van der Waals surface area contributed by atoms with Gasteiger partial charge in [-0.25, -0.2) is 0 Å². The lowest BCUT2D eigenvalue weighted by molar-refractivity contribution is -0.384. The van der Waals surface area contributed by atoms with Gasteiger partial charge in [0.1, 0.15) is 11.3 Å². The van der Waals surface area contributed by atoms with Gasteiger partial charge < -0.3 is 15.2 Å². The van der Waals surface area contributed by atoms with Crippen molar-refractivity contribution in [2.75, 3.05) is 25.5 Å². The van der Waals surface area contributed by atoms with Crippen LogP contribution in [0, 0.1) is 22.0 Å². The zero-order chi connectivity index (χ0) is 28.4. The lowest BCUT2D eigenvalue weighted by atomic mass is 9.76. The van der Waals surface area contributed by atoms with Gasteiger partial charge in [0.15, 0.2) is 0 Å². The van der Waals surface area contributed by atoms with E-state index in [0.29, 0.717) is 16.9 Å². The minimum absolute atomic E-state index is 0.0609. The number of fused-ring (bicyclic) bond motifs is 1. The predicted octanol–water partition coefficient (Wildman–Crippen LogP) is 3.03. The lowest BCUT2D eigenvalue weighted by Crippen LogP contribution is -2.57. The summed E-state index contributed by atoms with van der Waals surface area (Å²) in [5.74, 6) is -4.06. The molecule has 2 saturated heterocycles. The summed E-state index contributed by atoms with van der Waals surface area (Å²) >= 11 is 0. The van der Waals surface area contributed by atoms with Crippen LogP contribution in [0.1, 0.15) is 17.2 Å². The number of carboxylic acids is 1. The Kier molecular flexibility index (Phi) is 7.22. The van der Waals surface area contributed by atoms with Gasteiger partial charge in [0.2, 0.25) is 11.8 Å². The van der Waals surface area contributed by atoms with Crippen molar-refractivity contribution in [1.29, 1.82) is 0 Å². The first-order valence-corrected chi connectivity index (χ1v) is 12.8. The monoisotopic (exact) mass is 544 g/mol. The Morgan fingerprint density at radius 1 is 1.05 bits per heavy atom. The second-order valence-electron chi connectivity index (χ2n) is 9.87. The average Bonchev–Trinajstić information content (AvgIpc) is 3.43. The van der Waals surface area contributed by atoms with Crippen LogP contribution in [0.25, 0.3) is 0 Å². The van der Waals surface area contributed by atoms with E-state index in [1.165, 1.54) is 31.4 Å². The fourth-order valence-corrected chi connectivity index (χ4v) is 5.83. The van der Waals surface area contributed by atoms with Crippen molar-refractivity contribution in [3.05, 3.63) is 100 Å². The van der Waals surface area contributed by atoms with E-state index in [4.69, 9.17) is 4.74 Å². The van der Waals surface area contributed by atoms with E-state index in [1.807, 2.05) is 30.3 Å². The maximum absolute atomic E-state index is 13.9. The van der Waals surface area contributed by atoms with Crippen molar-refractivity contribution in [1.82, 2.24) is 10.2 Å². The highest BCUT2D eigenvalue weighted by molar-refractivity contribution is 6.09. The summed E-state index contributed by atoms with van der Waals surface area (Å²) in [6.07, 6.45) is -0.164. The summed E-state index contributed by atoms with van der Waals surface area (Å²) in [7, 11) is 1.48. The number of methoxy groups -OCH3 is 1. The molecular weight excluding hydrogens is 516 g/mol. The minimum Gasteiger partial charge on any atom is -0.496 e. The standard InChI is InChI=1S/C29H28N4O7/c1-40-22-10-6-5-9-21(22)25-23-24(27(35)32(26(23)34)16-15-30-19-7-3-2-4-8-19)29(31-25,28(36)37)17-18-11-13-20(14-12-18)33(38)39/h2-14,23-25,30-31H,15-17H2,1H3,(H,36,37). The maximum Gasteiger partial charge on any atom is 0.325 e. The van der Waals surface area contributed by atoms with Gasteiger partial charge in [-0.3, -0.25) is 34.7 Å². The number of aliphatic carboxylic acids is 1. The molecule has 5 rings (SSSR count). The highest BCUT2D eigenvalue weighted by atomic mass is 16.6. The molecule has 3 N–H and O–H groups in total. The van der Waals surface area contributed by atoms with Crippen LogP contribution in [0.2, 0.25) is 0 Å². The largest absolute Gasteiger partial charge is 0.496 e. The molecule has 4 unspecified atom stereocenters. The smallest absolute Gasteiger partial charge is 0.325 e. The lowest BCUT2D eigenvalue weighted by Gasteiger charge is -2.31. The minimum atomic E-state index is -1.85. The molecule has 0 aliphatic carbocycles. The first-order chi connectivity index (χ1) is 19.3. The number of para-hydroxylation sites is 2. The number of non-ortho nitro benzene ring substituents is 1. The number of imide groups is 1. The summed E-state index contributed by atoms with van der Waals surface area (Å²) in [5, 5.41) is 28.1. The first kappa shape index (κ1) is 26.8. The number of benzene rings is 3. The number of amides is 2. The van der Waals surface area contributed by atoms with Crippen LogP contribution in [0.4, 0.5) is 11.4 Å². The third-order valence-electron chi connectivity index (χ3n) is 7.67. The van der Waals surface area contributed by atoms with Gasteiger partial charge in [-0.2, -0.15) is 0 Å². The molecule has 2 heterocycles. The molecule has 2 fully saturated rings. The van der Waals surface area contributed by atoms with Crippen LogP contribution in [0.15, 0.2) is 78.9 Å². The van der Waals surface area contributed by atoms with Crippen LogP contribution in [0.5, 0.6) is 5.75 Å². The van der Waals surface area contributed by atoms with E-state index in [9.17, 15) is 29.6 Å². The number of rotatable bonds is 10. The molecule has 0 spiro atoms. The highest BCUT2D eigenvalue weighted by Gasteiger charge is 2.68. The molecule has 11 heteroatoms. The Morgan fingerprint density at radius 3 is 2.38 bits per heavy atom. The third kappa shape index (κ3) is 4.64. The molecule has 40 heavy (non-hydrogen) atoms. The Labute approximate surface area is 229 Å². The number of carbonyl (C=O) groups excluding carboxylic acids is 2. The van der Waals surface area contributed by atoms with E-state index in [-0.39, 0.29) is 25.2 Å². The number of nitrogens with one attached hydrogen (secondary N) is 2. The van der Waals surface area contributed by atoms with Gasteiger partial charge in [0.25, 0.3) is 5.69 Å². The number of hydrogen-bond acceptors (Lipinski definition) is 8. The molecule has 0 bridgehead atoms. The van der Waals surface area contributed by atoms with Crippen LogP contribution in [0.3, 0.4) is 0 Å². The fourth-order valence-electron chi connectivity index (χ4n) is 5.83. The molecule has 2 aliphatic heterocycles. The van der Waals surface area contributed by atoms with Crippen molar-refractivity contribution in [2.24, 2.45) is 11.8 Å². The summed E-state index contributed by atoms with van der Waals surface area (Å²) in [5.41, 5.74) is -0.114. The number of carbonyl (C=O) groups is 3. The normalized spacial score (nSPS) is 23.6. The molecule has 3 aromatic rings. The second-order valence-corrected chi connectivity index (χ2v) is 9.87. The van der Waals surface area contributed by atoms with Crippen LogP contribution < -0.4 is 15.4 Å². The van der Waals surface area contributed by atoms with Gasteiger partial charge in [-0.05, 0) is 23.8 Å². The van der Waals surface area contributed by atoms with Gasteiger partial charge >= 0.3 is 5.97 Å². The van der Waals surface area contributed by atoms with E-state index < -0.39 is 46.1 Å². The van der Waals surface area contributed by atoms with E-state index >= 15 is 0 Å². The van der Waals surface area contributed by atoms with Crippen molar-refractivity contribution >= 4 is 29.2 Å². The molecule has 3 aromatic carbocycles. The molecule has 2 amide bonds. The Balaban J connectivity index is 1.52. The number of nitro groups is 1. The van der Waals surface area contributed by atoms with Crippen LogP contribution in [-0.2, 0) is 20.8 Å². The molecule has 11 nitrogen and oxygen atoms in total. The second kappa shape index (κ2) is 10.8. The van der Waals surface area contributed by atoms with E-state index in [0.717, 1.165) is 10.6 Å². The Morgan fingerprint density at radius 2 is 1.73 bits per heavy atom. The van der Waals surface area contributed by atoms with Crippen molar-refractivity contribution < 1.29 is 29.2 Å². The van der Waals surface area contributed by atoms with Gasteiger partial charge in [-0.15, -0.1) is 0 Å². The van der Waals surface area contributed by atoms with Gasteiger partial charge in [0, 0.05) is 48.9 Å². The third-order valence-corrected chi connectivity index (χ3v) is 7.67. The highest BCUT2D eigenvalue weighted by Crippen LogP contribution is 2.51. The number of ether oxygens (including phenoxy) is 1. The Hall–Kier alpha value is -4.77. The Bertz CT molecular complexity index is 1450. The summed E-state index contributed by atoms with van der Waals surface area (Å²) < 4.78 is 5.52. The molecule has 2 aliphatic rings. The topological polar surface area (TPSA) is 151 Å². The number of hydrogen-bond donors (Lipinski definition) is 3. The van der Waals surface area contributed by atoms with Gasteiger partial charge in [0.05, 0.1) is 23.9 Å². The van der Waals surface area contributed by atoms with Crippen molar-refractivity contribution in [3.8, 4) is 5.75 Å². The van der Waals surface area contributed by atoms with Crippen molar-refractivity contribution in [3.63, 3.8) is 0 Å². The van der Waals surface area contributed by atoms with Crippen LogP contribution >= 0.6 is 0 Å². The zero-order valence-electron chi connectivity index (χ0n) is 21.7. The quantitative estimate of drug-likeness (QED) is 0.199. The SMILES string of the molecule is COc1ccccc1C1NC(Cc2ccc([N+](=O)[O-])cc2)(C(=O)O)C2C(=O)N(CCNc3ccccc3)C(=O)C12. The fraction of sp³-hybridized carbons (Fsp3) is 0.276. The molecule has 4 atom stereocenters. The number of nitro benzene ring substituents is 1. The molecule has 0 saturated carbocycles. The predicted molar refractivity (Wildman–Crippen MR) is 145 cm³/mol. The molecule has 206 valence electrons. The molecule has 0 aromatic heterocycles. The van der Waals surface area contributed by atoms with Crippen molar-refractivity contribution in [2.45, 2.75) is 18.0 Å². The number of nitrogens with zero attached hydrogens (tertiary/aromatic N) is 2. The summed E-state index contributed by atoms with van der Waals surface area (Å²) in [6, 6.07) is 21.0. The summed E-state index contributed by atoms with van der Waals surface area (Å²) in [6.45, 7) is 0.349. The molecular formula is C29H28N4O7. The maximum atomic E-state index is 13.9. The number of likely N-dealkylation sites (tertiary alicyclic amines) is 1. The van der Waals surface area contributed by atoms with E-state index in [2.05, 4.69) is 10.6 Å². The zero-order valence-corrected chi connectivity index (χ0v) is 21.7. The van der Waals surface area contributed by atoms with E-state index in [1.54, 1.807) is 24.3 Å². The first-order valence-electron chi connectivity index (χ1n) is 12.8. The number of carboxylic acid groups (broad SMARTS) is 1. The van der Waals surface area contributed by atoms with Crippen LogP contribution in [-0.4, -0.2) is 58.5 Å². The average molecular weight is 545 g/mol. The number of anilines is 1. The molecule has 0 radical (unpaired) electrons.